The lowest BCUT2D eigenvalue weighted by atomic mass is 10.2. The lowest BCUT2D eigenvalue weighted by molar-refractivity contribution is -0.123. The Balaban J connectivity index is 1.64. The highest BCUT2D eigenvalue weighted by atomic mass is 16.2. The Morgan fingerprint density at radius 2 is 1.93 bits per heavy atom. The summed E-state index contributed by atoms with van der Waals surface area (Å²) in [4.78, 5) is 45.5. The van der Waals surface area contributed by atoms with Gasteiger partial charge in [0.25, 0.3) is 11.5 Å². The SMILES string of the molecule is CCC(C)NC(=O)CN1CCN(C(=O)c2cnc3ccc(C)cn3c2=O)CC1. The number of hydrogen-bond acceptors (Lipinski definition) is 5. The van der Waals surface area contributed by atoms with E-state index < -0.39 is 0 Å². The molecule has 1 aliphatic heterocycles. The van der Waals surface area contributed by atoms with Crippen LogP contribution in [0.3, 0.4) is 0 Å². The van der Waals surface area contributed by atoms with Crippen LogP contribution in [-0.2, 0) is 4.79 Å². The number of nitrogens with zero attached hydrogens (tertiary/aromatic N) is 4. The number of piperazine rings is 1. The topological polar surface area (TPSA) is 87.0 Å². The largest absolute Gasteiger partial charge is 0.353 e. The fraction of sp³-hybridized carbons (Fsp3) is 0.500. The Labute approximate surface area is 164 Å². The van der Waals surface area contributed by atoms with E-state index >= 15 is 0 Å². The van der Waals surface area contributed by atoms with E-state index in [9.17, 15) is 14.4 Å². The van der Waals surface area contributed by atoms with Crippen LogP contribution in [0.2, 0.25) is 0 Å². The molecule has 8 heteroatoms. The van der Waals surface area contributed by atoms with E-state index in [2.05, 4.69) is 10.3 Å². The first-order chi connectivity index (χ1) is 13.4. The molecule has 1 unspecified atom stereocenters. The van der Waals surface area contributed by atoms with Crippen molar-refractivity contribution in [2.75, 3.05) is 32.7 Å². The minimum absolute atomic E-state index is 0.00136. The van der Waals surface area contributed by atoms with Crippen molar-refractivity contribution in [1.29, 1.82) is 0 Å². The number of carbonyl (C=O) groups excluding carboxylic acids is 2. The van der Waals surface area contributed by atoms with Crippen LogP contribution in [-0.4, -0.2) is 69.8 Å². The lowest BCUT2D eigenvalue weighted by Gasteiger charge is -2.34. The summed E-state index contributed by atoms with van der Waals surface area (Å²) >= 11 is 0. The zero-order chi connectivity index (χ0) is 20.3. The molecule has 28 heavy (non-hydrogen) atoms. The third kappa shape index (κ3) is 4.39. The molecular formula is C20H27N5O3. The molecule has 0 aromatic carbocycles. The molecule has 0 spiro atoms. The molecule has 3 heterocycles. The number of aryl methyl sites for hydroxylation is 1. The molecule has 1 N–H and O–H groups in total. The lowest BCUT2D eigenvalue weighted by Crippen LogP contribution is -2.52. The van der Waals surface area contributed by atoms with Gasteiger partial charge in [-0.05, 0) is 31.9 Å². The molecule has 1 fully saturated rings. The van der Waals surface area contributed by atoms with E-state index in [-0.39, 0.29) is 29.0 Å². The maximum absolute atomic E-state index is 12.8. The van der Waals surface area contributed by atoms with Gasteiger partial charge in [-0.3, -0.25) is 23.7 Å². The molecule has 0 aliphatic carbocycles. The molecule has 8 nitrogen and oxygen atoms in total. The summed E-state index contributed by atoms with van der Waals surface area (Å²) in [5.74, 6) is -0.307. The molecule has 0 radical (unpaired) electrons. The van der Waals surface area contributed by atoms with Gasteiger partial charge in [0.1, 0.15) is 11.2 Å². The van der Waals surface area contributed by atoms with Crippen LogP contribution in [0.25, 0.3) is 5.65 Å². The highest BCUT2D eigenvalue weighted by Crippen LogP contribution is 2.08. The summed E-state index contributed by atoms with van der Waals surface area (Å²) in [7, 11) is 0. The van der Waals surface area contributed by atoms with Gasteiger partial charge in [-0.2, -0.15) is 0 Å². The predicted molar refractivity (Wildman–Crippen MR) is 106 cm³/mol. The van der Waals surface area contributed by atoms with Crippen molar-refractivity contribution in [3.63, 3.8) is 0 Å². The van der Waals surface area contributed by atoms with Crippen LogP contribution >= 0.6 is 0 Å². The normalized spacial score (nSPS) is 16.2. The molecule has 150 valence electrons. The number of hydrogen-bond donors (Lipinski definition) is 1. The van der Waals surface area contributed by atoms with E-state index in [1.165, 1.54) is 10.6 Å². The fourth-order valence-corrected chi connectivity index (χ4v) is 3.23. The molecule has 3 rings (SSSR count). The van der Waals surface area contributed by atoms with Gasteiger partial charge in [0.05, 0.1) is 6.54 Å². The van der Waals surface area contributed by atoms with Crippen molar-refractivity contribution in [3.05, 3.63) is 46.0 Å². The minimum atomic E-state index is -0.353. The van der Waals surface area contributed by atoms with Crippen molar-refractivity contribution < 1.29 is 9.59 Å². The van der Waals surface area contributed by atoms with E-state index in [0.29, 0.717) is 38.4 Å². The fourth-order valence-electron chi connectivity index (χ4n) is 3.23. The molecule has 0 bridgehead atoms. The Kier molecular flexibility index (Phi) is 6.08. The Hall–Kier alpha value is -2.74. The van der Waals surface area contributed by atoms with Gasteiger partial charge >= 0.3 is 0 Å². The average molecular weight is 385 g/mol. The zero-order valence-corrected chi connectivity index (χ0v) is 16.6. The molecule has 0 saturated carbocycles. The van der Waals surface area contributed by atoms with Gasteiger partial charge in [-0.25, -0.2) is 4.98 Å². The van der Waals surface area contributed by atoms with Crippen LogP contribution in [0.15, 0.2) is 29.3 Å². The smallest absolute Gasteiger partial charge is 0.270 e. The number of rotatable bonds is 5. The standard InChI is InChI=1S/C20H27N5O3/c1-4-15(3)22-18(26)13-23-7-9-24(10-8-23)19(27)16-11-21-17-6-5-14(2)12-25(17)20(16)28/h5-6,11-12,15H,4,7-10,13H2,1-3H3,(H,22,26). The van der Waals surface area contributed by atoms with Gasteiger partial charge in [-0.15, -0.1) is 0 Å². The van der Waals surface area contributed by atoms with E-state index in [4.69, 9.17) is 0 Å². The summed E-state index contributed by atoms with van der Waals surface area (Å²) in [6, 6.07) is 3.79. The molecular weight excluding hydrogens is 358 g/mol. The third-order valence-corrected chi connectivity index (χ3v) is 5.13. The Morgan fingerprint density at radius 1 is 1.21 bits per heavy atom. The van der Waals surface area contributed by atoms with Crippen LogP contribution in [0.4, 0.5) is 0 Å². The molecule has 1 aliphatic rings. The number of carbonyl (C=O) groups is 2. The first-order valence-electron chi connectivity index (χ1n) is 9.68. The first-order valence-corrected chi connectivity index (χ1v) is 9.68. The number of nitrogens with one attached hydrogen (secondary N) is 1. The zero-order valence-electron chi connectivity index (χ0n) is 16.6. The Bertz CT molecular complexity index is 931. The summed E-state index contributed by atoms with van der Waals surface area (Å²) < 4.78 is 1.41. The van der Waals surface area contributed by atoms with Crippen molar-refractivity contribution in [1.82, 2.24) is 24.5 Å². The number of pyridine rings is 1. The first kappa shape index (κ1) is 20.0. The number of fused-ring (bicyclic) bond motifs is 1. The average Bonchev–Trinajstić information content (AvgIpc) is 2.68. The second-order valence-electron chi connectivity index (χ2n) is 7.36. The highest BCUT2D eigenvalue weighted by molar-refractivity contribution is 5.93. The molecule has 2 amide bonds. The molecule has 2 aromatic rings. The van der Waals surface area contributed by atoms with Crippen LogP contribution in [0.1, 0.15) is 36.2 Å². The number of aromatic nitrogens is 2. The second kappa shape index (κ2) is 8.52. The van der Waals surface area contributed by atoms with E-state index in [1.54, 1.807) is 17.2 Å². The molecule has 2 aromatic heterocycles. The van der Waals surface area contributed by atoms with Crippen molar-refractivity contribution >= 4 is 17.5 Å². The van der Waals surface area contributed by atoms with Gasteiger partial charge < -0.3 is 10.2 Å². The third-order valence-electron chi connectivity index (χ3n) is 5.13. The summed E-state index contributed by atoms with van der Waals surface area (Å²) in [5, 5.41) is 2.95. The highest BCUT2D eigenvalue weighted by Gasteiger charge is 2.25. The summed E-state index contributed by atoms with van der Waals surface area (Å²) in [6.45, 7) is 8.37. The molecule has 1 saturated heterocycles. The number of amides is 2. The maximum atomic E-state index is 12.8. The molecule has 1 atom stereocenters. The summed E-state index contributed by atoms with van der Waals surface area (Å²) in [6.07, 6.45) is 3.94. The van der Waals surface area contributed by atoms with Crippen molar-refractivity contribution in [2.45, 2.75) is 33.2 Å². The minimum Gasteiger partial charge on any atom is -0.353 e. The second-order valence-corrected chi connectivity index (χ2v) is 7.36. The predicted octanol–water partition coefficient (Wildman–Crippen LogP) is 0.675. The van der Waals surface area contributed by atoms with Crippen LogP contribution in [0.5, 0.6) is 0 Å². The Morgan fingerprint density at radius 3 is 2.61 bits per heavy atom. The van der Waals surface area contributed by atoms with Gasteiger partial charge in [0, 0.05) is 44.6 Å². The summed E-state index contributed by atoms with van der Waals surface area (Å²) in [5.41, 5.74) is 1.16. The van der Waals surface area contributed by atoms with Gasteiger partial charge in [0.15, 0.2) is 0 Å². The van der Waals surface area contributed by atoms with Crippen molar-refractivity contribution in [2.24, 2.45) is 0 Å². The van der Waals surface area contributed by atoms with Gasteiger partial charge in [-0.1, -0.05) is 13.0 Å². The quantitative estimate of drug-likeness (QED) is 0.818. The maximum Gasteiger partial charge on any atom is 0.270 e. The van der Waals surface area contributed by atoms with E-state index in [0.717, 1.165) is 12.0 Å². The van der Waals surface area contributed by atoms with Crippen LogP contribution in [0, 0.1) is 6.92 Å². The van der Waals surface area contributed by atoms with Crippen LogP contribution < -0.4 is 10.9 Å². The van der Waals surface area contributed by atoms with Crippen molar-refractivity contribution in [3.8, 4) is 0 Å². The van der Waals surface area contributed by atoms with Gasteiger partial charge in [0.2, 0.25) is 5.91 Å². The van der Waals surface area contributed by atoms with E-state index in [1.807, 2.05) is 31.7 Å². The monoisotopic (exact) mass is 385 g/mol.